The van der Waals surface area contributed by atoms with Crippen molar-refractivity contribution >= 4 is 17.6 Å². The van der Waals surface area contributed by atoms with Crippen molar-refractivity contribution in [2.24, 2.45) is 0 Å². The first-order chi connectivity index (χ1) is 11.3. The molecule has 0 bridgehead atoms. The van der Waals surface area contributed by atoms with Crippen LogP contribution in [0.1, 0.15) is 18.1 Å². The van der Waals surface area contributed by atoms with Crippen LogP contribution in [0.5, 0.6) is 6.01 Å². The maximum atomic E-state index is 12.3. The van der Waals surface area contributed by atoms with E-state index in [2.05, 4.69) is 30.3 Å². The van der Waals surface area contributed by atoms with Crippen molar-refractivity contribution < 1.29 is 17.9 Å². The van der Waals surface area contributed by atoms with Gasteiger partial charge in [-0.1, -0.05) is 6.07 Å². The molecule has 1 aromatic carbocycles. The third kappa shape index (κ3) is 5.25. The first kappa shape index (κ1) is 17.8. The van der Waals surface area contributed by atoms with Crippen molar-refractivity contribution in [3.63, 3.8) is 0 Å². The van der Waals surface area contributed by atoms with Crippen molar-refractivity contribution in [2.45, 2.75) is 26.9 Å². The van der Waals surface area contributed by atoms with Crippen LogP contribution in [0, 0.1) is 13.8 Å². The summed E-state index contributed by atoms with van der Waals surface area (Å²) in [6.45, 7) is 4.79. The zero-order chi connectivity index (χ0) is 17.7. The fraction of sp³-hybridized carbons (Fsp3) is 0.400. The predicted molar refractivity (Wildman–Crippen MR) is 84.7 cm³/mol. The van der Waals surface area contributed by atoms with E-state index in [1.54, 1.807) is 0 Å². The van der Waals surface area contributed by atoms with Crippen molar-refractivity contribution in [1.29, 1.82) is 0 Å². The van der Waals surface area contributed by atoms with E-state index in [1.807, 2.05) is 39.0 Å². The zero-order valence-corrected chi connectivity index (χ0v) is 13.5. The van der Waals surface area contributed by atoms with Crippen LogP contribution < -0.4 is 15.4 Å². The van der Waals surface area contributed by atoms with Crippen LogP contribution in [0.4, 0.5) is 30.8 Å². The molecule has 0 fully saturated rings. The van der Waals surface area contributed by atoms with E-state index >= 15 is 0 Å². The molecule has 2 rings (SSSR count). The number of benzene rings is 1. The van der Waals surface area contributed by atoms with Gasteiger partial charge in [0.05, 0.1) is 0 Å². The highest BCUT2D eigenvalue weighted by molar-refractivity contribution is 5.56. The molecular weight excluding hydrogens is 323 g/mol. The highest BCUT2D eigenvalue weighted by Gasteiger charge is 2.29. The topological polar surface area (TPSA) is 72.0 Å². The highest BCUT2D eigenvalue weighted by atomic mass is 19.4. The van der Waals surface area contributed by atoms with Gasteiger partial charge in [0.2, 0.25) is 11.9 Å². The van der Waals surface area contributed by atoms with E-state index in [9.17, 15) is 13.2 Å². The van der Waals surface area contributed by atoms with Crippen molar-refractivity contribution in [2.75, 3.05) is 23.8 Å². The Labute approximate surface area is 137 Å². The second kappa shape index (κ2) is 7.33. The summed E-state index contributed by atoms with van der Waals surface area (Å²) in [5, 5.41) is 5.77. The van der Waals surface area contributed by atoms with Gasteiger partial charge in [-0.15, -0.1) is 0 Å². The van der Waals surface area contributed by atoms with E-state index in [1.165, 1.54) is 0 Å². The number of rotatable bonds is 6. The minimum Gasteiger partial charge on any atom is -0.454 e. The van der Waals surface area contributed by atoms with Crippen LogP contribution in [0.3, 0.4) is 0 Å². The normalized spacial score (nSPS) is 11.2. The molecular formula is C15H18F3N5O. The predicted octanol–water partition coefficient (Wildman–Crippen LogP) is 3.60. The Morgan fingerprint density at radius 3 is 2.38 bits per heavy atom. The van der Waals surface area contributed by atoms with Gasteiger partial charge in [0.25, 0.3) is 0 Å². The lowest BCUT2D eigenvalue weighted by Gasteiger charge is -2.12. The third-order valence-electron chi connectivity index (χ3n) is 3.08. The number of aromatic nitrogens is 3. The standard InChI is InChI=1S/C15H18F3N5O/c1-4-19-12-21-13(20-11-6-5-9(2)10(3)7-11)23-14(22-12)24-8-15(16,17)18/h5-7H,4,8H2,1-3H3,(H2,19,20,21,22,23). The summed E-state index contributed by atoms with van der Waals surface area (Å²) >= 11 is 0. The average molecular weight is 341 g/mol. The fourth-order valence-electron chi connectivity index (χ4n) is 1.81. The van der Waals surface area contributed by atoms with Crippen LogP contribution in [0.15, 0.2) is 18.2 Å². The second-order valence-electron chi connectivity index (χ2n) is 5.12. The molecule has 9 heteroatoms. The summed E-state index contributed by atoms with van der Waals surface area (Å²) in [6.07, 6.45) is -4.47. The van der Waals surface area contributed by atoms with Crippen LogP contribution >= 0.6 is 0 Å². The number of halogens is 3. The smallest absolute Gasteiger partial charge is 0.422 e. The number of nitrogens with one attached hydrogen (secondary N) is 2. The van der Waals surface area contributed by atoms with Gasteiger partial charge >= 0.3 is 12.2 Å². The van der Waals surface area contributed by atoms with Gasteiger partial charge in [-0.3, -0.25) is 0 Å². The minimum atomic E-state index is -4.47. The molecule has 0 aliphatic rings. The number of hydrogen-bond acceptors (Lipinski definition) is 6. The molecule has 1 heterocycles. The number of aryl methyl sites for hydroxylation is 2. The molecule has 0 atom stereocenters. The maximum absolute atomic E-state index is 12.3. The summed E-state index contributed by atoms with van der Waals surface area (Å²) in [5.41, 5.74) is 2.90. The van der Waals surface area contributed by atoms with Gasteiger partial charge in [-0.05, 0) is 44.0 Å². The Kier molecular flexibility index (Phi) is 5.42. The van der Waals surface area contributed by atoms with Gasteiger partial charge in [0.1, 0.15) is 0 Å². The first-order valence-electron chi connectivity index (χ1n) is 7.30. The van der Waals surface area contributed by atoms with E-state index < -0.39 is 18.8 Å². The van der Waals surface area contributed by atoms with Crippen LogP contribution in [0.25, 0.3) is 0 Å². The molecule has 0 spiro atoms. The lowest BCUT2D eigenvalue weighted by molar-refractivity contribution is -0.154. The number of anilines is 3. The Bertz CT molecular complexity index is 706. The summed E-state index contributed by atoms with van der Waals surface area (Å²) < 4.78 is 41.5. The Morgan fingerprint density at radius 2 is 1.75 bits per heavy atom. The Morgan fingerprint density at radius 1 is 1.04 bits per heavy atom. The monoisotopic (exact) mass is 341 g/mol. The van der Waals surface area contributed by atoms with Gasteiger partial charge < -0.3 is 15.4 Å². The van der Waals surface area contributed by atoms with Crippen molar-refractivity contribution in [1.82, 2.24) is 15.0 Å². The van der Waals surface area contributed by atoms with E-state index in [0.29, 0.717) is 12.2 Å². The molecule has 1 aromatic heterocycles. The van der Waals surface area contributed by atoms with Crippen molar-refractivity contribution in [3.8, 4) is 6.01 Å². The van der Waals surface area contributed by atoms with Crippen LogP contribution in [0.2, 0.25) is 0 Å². The quantitative estimate of drug-likeness (QED) is 0.836. The highest BCUT2D eigenvalue weighted by Crippen LogP contribution is 2.21. The van der Waals surface area contributed by atoms with Gasteiger partial charge in [-0.25, -0.2) is 0 Å². The molecule has 2 aromatic rings. The number of hydrogen-bond donors (Lipinski definition) is 2. The van der Waals surface area contributed by atoms with Gasteiger partial charge in [0.15, 0.2) is 6.61 Å². The average Bonchev–Trinajstić information content (AvgIpc) is 2.48. The molecule has 130 valence electrons. The molecule has 6 nitrogen and oxygen atoms in total. The SMILES string of the molecule is CCNc1nc(Nc2ccc(C)c(C)c2)nc(OCC(F)(F)F)n1. The summed E-state index contributed by atoms with van der Waals surface area (Å²) in [5.74, 6) is 0.234. The molecule has 0 saturated heterocycles. The third-order valence-corrected chi connectivity index (χ3v) is 3.08. The summed E-state index contributed by atoms with van der Waals surface area (Å²) in [6, 6.07) is 5.24. The van der Waals surface area contributed by atoms with Crippen LogP contribution in [-0.4, -0.2) is 34.3 Å². The van der Waals surface area contributed by atoms with E-state index in [0.717, 1.165) is 11.1 Å². The molecule has 0 amide bonds. The molecule has 0 radical (unpaired) electrons. The van der Waals surface area contributed by atoms with Crippen LogP contribution in [-0.2, 0) is 0 Å². The van der Waals surface area contributed by atoms with E-state index in [-0.39, 0.29) is 11.9 Å². The molecule has 0 saturated carbocycles. The zero-order valence-electron chi connectivity index (χ0n) is 13.5. The minimum absolute atomic E-state index is 0.0985. The lowest BCUT2D eigenvalue weighted by atomic mass is 10.1. The maximum Gasteiger partial charge on any atom is 0.422 e. The Hall–Kier alpha value is -2.58. The summed E-state index contributed by atoms with van der Waals surface area (Å²) in [7, 11) is 0. The molecule has 0 unspecified atom stereocenters. The summed E-state index contributed by atoms with van der Waals surface area (Å²) in [4.78, 5) is 11.8. The molecule has 0 aliphatic heterocycles. The first-order valence-corrected chi connectivity index (χ1v) is 7.30. The van der Waals surface area contributed by atoms with Crippen molar-refractivity contribution in [3.05, 3.63) is 29.3 Å². The molecule has 2 N–H and O–H groups in total. The number of alkyl halides is 3. The largest absolute Gasteiger partial charge is 0.454 e. The lowest BCUT2D eigenvalue weighted by Crippen LogP contribution is -2.20. The van der Waals surface area contributed by atoms with Gasteiger partial charge in [0, 0.05) is 12.2 Å². The molecule has 24 heavy (non-hydrogen) atoms. The fourth-order valence-corrected chi connectivity index (χ4v) is 1.81. The van der Waals surface area contributed by atoms with Gasteiger partial charge in [-0.2, -0.15) is 28.1 Å². The number of nitrogens with zero attached hydrogens (tertiary/aromatic N) is 3. The Balaban J connectivity index is 2.23. The molecule has 0 aliphatic carbocycles. The van der Waals surface area contributed by atoms with E-state index in [4.69, 9.17) is 0 Å². The second-order valence-corrected chi connectivity index (χ2v) is 5.12. The number of ether oxygens (including phenoxy) is 1.